The summed E-state index contributed by atoms with van der Waals surface area (Å²) in [7, 11) is 0. The fourth-order valence-electron chi connectivity index (χ4n) is 3.92. The topological polar surface area (TPSA) is 90.7 Å². The van der Waals surface area contributed by atoms with Gasteiger partial charge < -0.3 is 10.2 Å². The molecule has 34 heavy (non-hydrogen) atoms. The quantitative estimate of drug-likeness (QED) is 0.356. The molecule has 0 bridgehead atoms. The number of thioether (sulfide) groups is 1. The number of benzene rings is 2. The molecule has 3 aromatic rings. The fourth-order valence-corrected chi connectivity index (χ4v) is 7.08. The number of nitrogens with zero attached hydrogens (tertiary/aromatic N) is 2. The third-order valence-electron chi connectivity index (χ3n) is 5.62. The number of carbonyl (C=O) groups excluding carboxylic acids is 1. The molecule has 2 N–H and O–H groups in total. The number of halogens is 2. The van der Waals surface area contributed by atoms with Crippen LogP contribution in [0.3, 0.4) is 0 Å². The molecule has 2 unspecified atom stereocenters. The smallest absolute Gasteiger partial charge is 0.305 e. The molecule has 0 saturated carbocycles. The maximum Gasteiger partial charge on any atom is 0.305 e. The number of aliphatic carboxylic acids is 1. The van der Waals surface area contributed by atoms with E-state index in [0.717, 1.165) is 16.7 Å². The Bertz CT molecular complexity index is 1260. The van der Waals surface area contributed by atoms with Gasteiger partial charge in [-0.05, 0) is 48.2 Å². The van der Waals surface area contributed by atoms with E-state index < -0.39 is 16.6 Å². The van der Waals surface area contributed by atoms with E-state index in [1.54, 1.807) is 24.3 Å². The molecule has 2 heterocycles. The molecule has 2 atom stereocenters. The standard InChI is InChI=1S/C24H22Cl2N2O4S2/c1-11(2)13-8-14(12(3)7-18(13)29)17-10-33-24(27-17)28-22(32)19(9-20(30)31)34-23(28)21-15(25)5-4-6-16(21)26/h4-8,10-11,19,23,29H,9H2,1-3H3,(H,30,31). The third kappa shape index (κ3) is 4.64. The van der Waals surface area contributed by atoms with Gasteiger partial charge in [-0.25, -0.2) is 4.98 Å². The number of hydrogen-bond donors (Lipinski definition) is 2. The van der Waals surface area contributed by atoms with Crippen LogP contribution in [0.4, 0.5) is 5.13 Å². The van der Waals surface area contributed by atoms with Crippen molar-refractivity contribution < 1.29 is 19.8 Å². The van der Waals surface area contributed by atoms with Gasteiger partial charge in [-0.3, -0.25) is 14.5 Å². The number of thiazole rings is 1. The first-order valence-electron chi connectivity index (χ1n) is 10.5. The Kier molecular flexibility index (Phi) is 7.14. The van der Waals surface area contributed by atoms with Gasteiger partial charge in [0.15, 0.2) is 5.13 Å². The van der Waals surface area contributed by atoms with Gasteiger partial charge in [0.05, 0.1) is 17.4 Å². The number of phenols is 1. The molecule has 2 aromatic carbocycles. The highest BCUT2D eigenvalue weighted by Gasteiger charge is 2.45. The maximum absolute atomic E-state index is 13.3. The first-order chi connectivity index (χ1) is 16.1. The molecule has 1 aliphatic rings. The van der Waals surface area contributed by atoms with Gasteiger partial charge >= 0.3 is 5.97 Å². The summed E-state index contributed by atoms with van der Waals surface area (Å²) < 4.78 is 0. The van der Waals surface area contributed by atoms with Crippen LogP contribution in [0.2, 0.25) is 10.0 Å². The second kappa shape index (κ2) is 9.77. The SMILES string of the molecule is Cc1cc(O)c(C(C)C)cc1-c1csc(N2C(=O)C(CC(=O)O)SC2c2c(Cl)cccc2Cl)n1. The fraction of sp³-hybridized carbons (Fsp3) is 0.292. The molecule has 0 radical (unpaired) electrons. The van der Waals surface area contributed by atoms with Crippen LogP contribution in [0.15, 0.2) is 35.7 Å². The number of carboxylic acid groups (broad SMARTS) is 1. The number of hydrogen-bond acceptors (Lipinski definition) is 6. The number of phenolic OH excluding ortho intramolecular Hbond substituents is 1. The van der Waals surface area contributed by atoms with E-state index in [2.05, 4.69) is 0 Å². The molecule has 1 saturated heterocycles. The number of anilines is 1. The van der Waals surface area contributed by atoms with Crippen molar-refractivity contribution in [2.24, 2.45) is 0 Å². The second-order valence-corrected chi connectivity index (χ2v) is 11.3. The molecular formula is C24H22Cl2N2O4S2. The van der Waals surface area contributed by atoms with Gasteiger partial charge in [-0.1, -0.05) is 43.1 Å². The molecule has 6 nitrogen and oxygen atoms in total. The van der Waals surface area contributed by atoms with E-state index in [0.29, 0.717) is 26.4 Å². The molecule has 0 spiro atoms. The summed E-state index contributed by atoms with van der Waals surface area (Å²) in [6, 6.07) is 8.74. The van der Waals surface area contributed by atoms with Crippen molar-refractivity contribution in [3.63, 3.8) is 0 Å². The van der Waals surface area contributed by atoms with E-state index in [1.165, 1.54) is 28.0 Å². The summed E-state index contributed by atoms with van der Waals surface area (Å²) in [5.74, 6) is -1.04. The zero-order valence-electron chi connectivity index (χ0n) is 18.6. The largest absolute Gasteiger partial charge is 0.508 e. The minimum atomic E-state index is -1.06. The number of carboxylic acids is 1. The Balaban J connectivity index is 1.79. The van der Waals surface area contributed by atoms with Crippen LogP contribution in [0.5, 0.6) is 5.75 Å². The van der Waals surface area contributed by atoms with E-state index in [1.807, 2.05) is 32.2 Å². The van der Waals surface area contributed by atoms with Crippen LogP contribution in [0.1, 0.15) is 48.3 Å². The van der Waals surface area contributed by atoms with E-state index in [9.17, 15) is 19.8 Å². The number of aromatic hydroxyl groups is 1. The highest BCUT2D eigenvalue weighted by molar-refractivity contribution is 8.01. The van der Waals surface area contributed by atoms with Crippen molar-refractivity contribution in [2.75, 3.05) is 4.90 Å². The molecular weight excluding hydrogens is 515 g/mol. The van der Waals surface area contributed by atoms with Crippen molar-refractivity contribution in [3.05, 3.63) is 62.4 Å². The Morgan fingerprint density at radius 2 is 1.91 bits per heavy atom. The predicted octanol–water partition coefficient (Wildman–Crippen LogP) is 6.88. The van der Waals surface area contributed by atoms with Crippen LogP contribution in [-0.2, 0) is 9.59 Å². The highest BCUT2D eigenvalue weighted by Crippen LogP contribution is 2.51. The second-order valence-electron chi connectivity index (χ2n) is 8.31. The first kappa shape index (κ1) is 24.9. The van der Waals surface area contributed by atoms with Crippen molar-refractivity contribution in [3.8, 4) is 17.0 Å². The van der Waals surface area contributed by atoms with Crippen LogP contribution >= 0.6 is 46.3 Å². The average molecular weight is 537 g/mol. The van der Waals surface area contributed by atoms with E-state index >= 15 is 0 Å². The average Bonchev–Trinajstić information content (AvgIpc) is 3.32. The lowest BCUT2D eigenvalue weighted by Gasteiger charge is -2.23. The van der Waals surface area contributed by atoms with Crippen molar-refractivity contribution in [1.82, 2.24) is 4.98 Å². The molecule has 1 amide bonds. The summed E-state index contributed by atoms with van der Waals surface area (Å²) in [4.78, 5) is 31.0. The molecule has 1 fully saturated rings. The van der Waals surface area contributed by atoms with Crippen LogP contribution < -0.4 is 4.90 Å². The zero-order chi connectivity index (χ0) is 24.7. The summed E-state index contributed by atoms with van der Waals surface area (Å²) in [6.45, 7) is 5.90. The van der Waals surface area contributed by atoms with Crippen LogP contribution in [0.25, 0.3) is 11.3 Å². The lowest BCUT2D eigenvalue weighted by molar-refractivity contribution is -0.138. The number of aryl methyl sites for hydroxylation is 1. The van der Waals surface area contributed by atoms with Gasteiger partial charge in [0, 0.05) is 26.6 Å². The zero-order valence-corrected chi connectivity index (χ0v) is 21.7. The predicted molar refractivity (Wildman–Crippen MR) is 138 cm³/mol. The summed E-state index contributed by atoms with van der Waals surface area (Å²) in [5, 5.41) is 21.3. The van der Waals surface area contributed by atoms with Gasteiger partial charge in [0.2, 0.25) is 5.91 Å². The first-order valence-corrected chi connectivity index (χ1v) is 13.1. The van der Waals surface area contributed by atoms with E-state index in [4.69, 9.17) is 28.2 Å². The molecule has 4 rings (SSSR count). The molecule has 0 aliphatic carbocycles. The van der Waals surface area contributed by atoms with Crippen LogP contribution in [-0.4, -0.2) is 32.3 Å². The maximum atomic E-state index is 13.3. The van der Waals surface area contributed by atoms with Crippen molar-refractivity contribution in [1.29, 1.82) is 0 Å². The van der Waals surface area contributed by atoms with Gasteiger partial charge in [-0.2, -0.15) is 0 Å². The monoisotopic (exact) mass is 536 g/mol. The normalized spacial score (nSPS) is 18.2. The Hall–Kier alpha value is -2.26. The van der Waals surface area contributed by atoms with Crippen LogP contribution in [0, 0.1) is 6.92 Å². The van der Waals surface area contributed by atoms with Gasteiger partial charge in [0.1, 0.15) is 11.1 Å². The highest BCUT2D eigenvalue weighted by atomic mass is 35.5. The summed E-state index contributed by atoms with van der Waals surface area (Å²) in [5.41, 5.74) is 3.75. The van der Waals surface area contributed by atoms with E-state index in [-0.39, 0.29) is 24.0 Å². The Morgan fingerprint density at radius 1 is 1.24 bits per heavy atom. The van der Waals surface area contributed by atoms with Crippen molar-refractivity contribution in [2.45, 2.75) is 43.7 Å². The molecule has 10 heteroatoms. The summed E-state index contributed by atoms with van der Waals surface area (Å²) in [6.07, 6.45) is -0.314. The van der Waals surface area contributed by atoms with Gasteiger partial charge in [0.25, 0.3) is 0 Å². The third-order valence-corrected chi connectivity index (χ3v) is 8.52. The molecule has 1 aliphatic heterocycles. The number of amides is 1. The van der Waals surface area contributed by atoms with Gasteiger partial charge in [-0.15, -0.1) is 23.1 Å². The van der Waals surface area contributed by atoms with Crippen molar-refractivity contribution >= 4 is 63.3 Å². The lowest BCUT2D eigenvalue weighted by atomic mass is 9.95. The number of aromatic nitrogens is 1. The Morgan fingerprint density at radius 3 is 2.53 bits per heavy atom. The Labute approximate surface area is 215 Å². The minimum Gasteiger partial charge on any atom is -0.508 e. The molecule has 178 valence electrons. The number of carbonyl (C=O) groups is 2. The molecule has 1 aromatic heterocycles. The number of rotatable bonds is 6. The summed E-state index contributed by atoms with van der Waals surface area (Å²) >= 11 is 15.4. The minimum absolute atomic E-state index is 0.123. The lowest BCUT2D eigenvalue weighted by Crippen LogP contribution is -2.32.